The van der Waals surface area contributed by atoms with E-state index in [1.165, 1.54) is 29.5 Å². The molecular formula is C25H20BrN3O4S. The van der Waals surface area contributed by atoms with Crippen molar-refractivity contribution in [3.63, 3.8) is 0 Å². The number of hydrogen-bond acceptors (Lipinski definition) is 6. The molecule has 1 fully saturated rings. The van der Waals surface area contributed by atoms with Gasteiger partial charge in [0.25, 0.3) is 11.6 Å². The van der Waals surface area contributed by atoms with Gasteiger partial charge in [0.1, 0.15) is 12.4 Å². The summed E-state index contributed by atoms with van der Waals surface area (Å²) < 4.78 is 6.52. The number of amides is 1. The van der Waals surface area contributed by atoms with Crippen LogP contribution in [0.3, 0.4) is 0 Å². The summed E-state index contributed by atoms with van der Waals surface area (Å²) in [5.74, 6) is 0.394. The molecular weight excluding hydrogens is 518 g/mol. The zero-order chi connectivity index (χ0) is 24.1. The van der Waals surface area contributed by atoms with Crippen LogP contribution >= 0.6 is 27.7 Å². The number of non-ortho nitro benzene ring substituents is 1. The molecule has 3 aromatic rings. The quantitative estimate of drug-likeness (QED) is 0.214. The van der Waals surface area contributed by atoms with Crippen LogP contribution in [0, 0.1) is 10.1 Å². The van der Waals surface area contributed by atoms with Crippen molar-refractivity contribution >= 4 is 56.2 Å². The molecule has 4 rings (SSSR count). The first kappa shape index (κ1) is 23.7. The number of nitrogens with one attached hydrogen (secondary N) is 1. The van der Waals surface area contributed by atoms with E-state index in [1.807, 2.05) is 36.4 Å². The van der Waals surface area contributed by atoms with E-state index in [0.29, 0.717) is 25.9 Å². The number of nitro benzene ring substituents is 1. The second-order valence-corrected chi connectivity index (χ2v) is 9.29. The predicted molar refractivity (Wildman–Crippen MR) is 138 cm³/mol. The fourth-order valence-electron chi connectivity index (χ4n) is 3.20. The first-order valence-electron chi connectivity index (χ1n) is 10.5. The molecule has 1 heterocycles. The first-order chi connectivity index (χ1) is 16.4. The zero-order valence-electron chi connectivity index (χ0n) is 18.2. The lowest BCUT2D eigenvalue weighted by Crippen LogP contribution is -2.19. The van der Waals surface area contributed by atoms with Crippen LogP contribution < -0.4 is 10.1 Å². The minimum atomic E-state index is -0.433. The minimum absolute atomic E-state index is 0.0235. The van der Waals surface area contributed by atoms with Gasteiger partial charge in [-0.2, -0.15) is 0 Å². The maximum Gasteiger partial charge on any atom is 0.269 e. The lowest BCUT2D eigenvalue weighted by atomic mass is 10.2. The van der Waals surface area contributed by atoms with Gasteiger partial charge in [-0.25, -0.2) is 4.99 Å². The number of amidine groups is 1. The first-order valence-corrected chi connectivity index (χ1v) is 12.1. The van der Waals surface area contributed by atoms with E-state index < -0.39 is 4.92 Å². The summed E-state index contributed by atoms with van der Waals surface area (Å²) in [6.45, 7) is 2.29. The highest BCUT2D eigenvalue weighted by atomic mass is 79.9. The third kappa shape index (κ3) is 5.92. The maximum atomic E-state index is 12.4. The Balaban J connectivity index is 1.43. The van der Waals surface area contributed by atoms with Crippen LogP contribution in [0.1, 0.15) is 23.6 Å². The number of rotatable bonds is 7. The summed E-state index contributed by atoms with van der Waals surface area (Å²) in [4.78, 5) is 28.0. The number of ether oxygens (including phenoxy) is 1. The van der Waals surface area contributed by atoms with Gasteiger partial charge in [-0.15, -0.1) is 0 Å². The van der Waals surface area contributed by atoms with Crippen molar-refractivity contribution in [2.45, 2.75) is 20.0 Å². The molecule has 0 aliphatic carbocycles. The number of aliphatic imine (C=N–C) groups is 1. The number of benzene rings is 3. The predicted octanol–water partition coefficient (Wildman–Crippen LogP) is 6.39. The Bertz CT molecular complexity index is 1310. The van der Waals surface area contributed by atoms with Crippen LogP contribution in [0.25, 0.3) is 6.08 Å². The fourth-order valence-corrected chi connectivity index (χ4v) is 4.55. The fraction of sp³-hybridized carbons (Fsp3) is 0.120. The lowest BCUT2D eigenvalue weighted by Gasteiger charge is -2.09. The number of nitro groups is 1. The number of hydrogen-bond donors (Lipinski definition) is 1. The van der Waals surface area contributed by atoms with E-state index in [4.69, 9.17) is 4.74 Å². The van der Waals surface area contributed by atoms with Gasteiger partial charge in [0.2, 0.25) is 0 Å². The molecule has 9 heteroatoms. The second-order valence-electron chi connectivity index (χ2n) is 7.41. The van der Waals surface area contributed by atoms with Crippen LogP contribution in [0.4, 0.5) is 11.4 Å². The zero-order valence-corrected chi connectivity index (χ0v) is 20.6. The van der Waals surface area contributed by atoms with Crippen molar-refractivity contribution in [3.05, 3.63) is 103 Å². The normalized spacial score (nSPS) is 15.5. The van der Waals surface area contributed by atoms with Crippen molar-refractivity contribution in [2.75, 3.05) is 0 Å². The standard InChI is InChI=1S/C25H20BrN3O4S/c1-2-16-6-9-19(10-7-16)27-25-28-24(30)23(34-25)14-17-8-11-22(21(26)13-17)33-15-18-4-3-5-20(12-18)29(31)32/h3-14H,2,15H2,1H3,(H,27,28,30)/b23-14-. The monoisotopic (exact) mass is 537 g/mol. The van der Waals surface area contributed by atoms with Crippen molar-refractivity contribution in [1.29, 1.82) is 0 Å². The maximum absolute atomic E-state index is 12.4. The Kier molecular flexibility index (Phi) is 7.44. The summed E-state index contributed by atoms with van der Waals surface area (Å²) in [6.07, 6.45) is 2.75. The highest BCUT2D eigenvalue weighted by Crippen LogP contribution is 2.31. The number of carbonyl (C=O) groups is 1. The molecule has 0 saturated carbocycles. The van der Waals surface area contributed by atoms with Crippen molar-refractivity contribution in [2.24, 2.45) is 4.99 Å². The summed E-state index contributed by atoms with van der Waals surface area (Å²) in [7, 11) is 0. The molecule has 172 valence electrons. The lowest BCUT2D eigenvalue weighted by molar-refractivity contribution is -0.384. The SMILES string of the molecule is CCc1ccc(N=C2NC(=O)/C(=C/c3ccc(OCc4cccc([N+](=O)[O-])c4)c(Br)c3)S2)cc1. The van der Waals surface area contributed by atoms with Crippen LogP contribution in [0.5, 0.6) is 5.75 Å². The number of thioether (sulfide) groups is 1. The topological polar surface area (TPSA) is 93.8 Å². The molecule has 0 atom stereocenters. The molecule has 1 aliphatic rings. The number of nitrogens with zero attached hydrogens (tertiary/aromatic N) is 2. The molecule has 0 spiro atoms. The number of halogens is 1. The van der Waals surface area contributed by atoms with Gasteiger partial charge in [0, 0.05) is 12.1 Å². The summed E-state index contributed by atoms with van der Waals surface area (Å²) >= 11 is 4.79. The molecule has 7 nitrogen and oxygen atoms in total. The van der Waals surface area contributed by atoms with Gasteiger partial charge in [-0.05, 0) is 81.1 Å². The molecule has 0 radical (unpaired) electrons. The highest BCUT2D eigenvalue weighted by Gasteiger charge is 2.24. The number of aryl methyl sites for hydroxylation is 1. The molecule has 0 aromatic heterocycles. The highest BCUT2D eigenvalue weighted by molar-refractivity contribution is 9.10. The molecule has 0 unspecified atom stereocenters. The largest absolute Gasteiger partial charge is 0.488 e. The molecule has 1 N–H and O–H groups in total. The Hall–Kier alpha value is -3.43. The van der Waals surface area contributed by atoms with Gasteiger partial charge in [-0.1, -0.05) is 37.3 Å². The van der Waals surface area contributed by atoms with Crippen LogP contribution in [0.15, 0.2) is 81.1 Å². The van der Waals surface area contributed by atoms with Crippen molar-refractivity contribution in [3.8, 4) is 5.75 Å². The summed E-state index contributed by atoms with van der Waals surface area (Å²) in [5.41, 5.74) is 3.56. The van der Waals surface area contributed by atoms with E-state index in [0.717, 1.165) is 17.7 Å². The molecule has 3 aromatic carbocycles. The average Bonchev–Trinajstić information content (AvgIpc) is 3.17. The smallest absolute Gasteiger partial charge is 0.269 e. The van der Waals surface area contributed by atoms with E-state index in [9.17, 15) is 14.9 Å². The van der Waals surface area contributed by atoms with E-state index in [-0.39, 0.29) is 18.2 Å². The van der Waals surface area contributed by atoms with Gasteiger partial charge >= 0.3 is 0 Å². The third-order valence-corrected chi connectivity index (χ3v) is 6.53. The van der Waals surface area contributed by atoms with Gasteiger partial charge in [0.05, 0.1) is 20.0 Å². The summed E-state index contributed by atoms with van der Waals surface area (Å²) in [5, 5.41) is 14.3. The number of carbonyl (C=O) groups excluding carboxylic acids is 1. The van der Waals surface area contributed by atoms with E-state index in [2.05, 4.69) is 33.2 Å². The van der Waals surface area contributed by atoms with Crippen LogP contribution in [-0.4, -0.2) is 16.0 Å². The van der Waals surface area contributed by atoms with Crippen LogP contribution in [-0.2, 0) is 17.8 Å². The van der Waals surface area contributed by atoms with E-state index in [1.54, 1.807) is 24.3 Å². The molecule has 34 heavy (non-hydrogen) atoms. The van der Waals surface area contributed by atoms with Crippen molar-refractivity contribution < 1.29 is 14.5 Å². The van der Waals surface area contributed by atoms with Gasteiger partial charge in [0.15, 0.2) is 5.17 Å². The van der Waals surface area contributed by atoms with Gasteiger partial charge in [-0.3, -0.25) is 14.9 Å². The second kappa shape index (κ2) is 10.7. The summed E-state index contributed by atoms with van der Waals surface area (Å²) in [6, 6.07) is 19.7. The Morgan fingerprint density at radius 3 is 2.62 bits per heavy atom. The van der Waals surface area contributed by atoms with Crippen LogP contribution in [0.2, 0.25) is 0 Å². The Labute approximate surface area is 209 Å². The average molecular weight is 538 g/mol. The molecule has 1 saturated heterocycles. The Morgan fingerprint density at radius 2 is 1.91 bits per heavy atom. The molecule has 1 amide bonds. The molecule has 0 bridgehead atoms. The van der Waals surface area contributed by atoms with Gasteiger partial charge < -0.3 is 10.1 Å². The Morgan fingerprint density at radius 1 is 1.12 bits per heavy atom. The van der Waals surface area contributed by atoms with E-state index >= 15 is 0 Å². The molecule has 1 aliphatic heterocycles. The van der Waals surface area contributed by atoms with Crippen molar-refractivity contribution in [1.82, 2.24) is 5.32 Å². The minimum Gasteiger partial charge on any atom is -0.488 e. The third-order valence-electron chi connectivity index (χ3n) is 5.00.